The molecule has 170 valence electrons. The Bertz CT molecular complexity index is 821. The molecular formula is C26H36ClNO2S. The van der Waals surface area contributed by atoms with Crippen LogP contribution in [0.3, 0.4) is 0 Å². The van der Waals surface area contributed by atoms with Gasteiger partial charge in [-0.2, -0.15) is 11.3 Å². The first-order valence-electron chi connectivity index (χ1n) is 10.8. The van der Waals surface area contributed by atoms with E-state index in [1.807, 2.05) is 18.2 Å². The van der Waals surface area contributed by atoms with Gasteiger partial charge in [0.05, 0.1) is 13.2 Å². The van der Waals surface area contributed by atoms with Crippen LogP contribution >= 0.6 is 23.7 Å². The molecule has 3 nitrogen and oxygen atoms in total. The van der Waals surface area contributed by atoms with Crippen molar-refractivity contribution in [1.29, 1.82) is 0 Å². The fourth-order valence-electron chi connectivity index (χ4n) is 2.67. The number of thiophene rings is 1. The first-order chi connectivity index (χ1) is 14.5. The van der Waals surface area contributed by atoms with Crippen LogP contribution in [-0.2, 0) is 4.74 Å². The predicted octanol–water partition coefficient (Wildman–Crippen LogP) is 6.55. The van der Waals surface area contributed by atoms with Crippen LogP contribution in [0.15, 0.2) is 53.2 Å². The largest absolute Gasteiger partial charge is 0.491 e. The minimum Gasteiger partial charge on any atom is -0.491 e. The Morgan fingerprint density at radius 3 is 2.65 bits per heavy atom. The summed E-state index contributed by atoms with van der Waals surface area (Å²) in [5.41, 5.74) is 2.51. The first-order valence-corrected chi connectivity index (χ1v) is 11.7. The molecule has 0 amide bonds. The number of hydrogen-bond donors (Lipinski definition) is 0. The molecule has 0 atom stereocenters. The molecule has 0 saturated heterocycles. The highest BCUT2D eigenvalue weighted by Crippen LogP contribution is 2.25. The molecule has 0 fully saturated rings. The van der Waals surface area contributed by atoms with E-state index in [9.17, 15) is 0 Å². The fraction of sp³-hybridized carbons (Fsp3) is 0.462. The van der Waals surface area contributed by atoms with Gasteiger partial charge in [-0.1, -0.05) is 43.9 Å². The lowest BCUT2D eigenvalue weighted by molar-refractivity contribution is 0.0832. The minimum absolute atomic E-state index is 0. The summed E-state index contributed by atoms with van der Waals surface area (Å²) < 4.78 is 11.6. The molecule has 1 aromatic heterocycles. The maximum Gasteiger partial charge on any atom is 0.120 e. The van der Waals surface area contributed by atoms with Gasteiger partial charge in [0.2, 0.25) is 0 Å². The van der Waals surface area contributed by atoms with Crippen molar-refractivity contribution in [3.05, 3.63) is 53.2 Å². The summed E-state index contributed by atoms with van der Waals surface area (Å²) >= 11 is 1.70. The highest BCUT2D eigenvalue weighted by Gasteiger charge is 2.09. The summed E-state index contributed by atoms with van der Waals surface area (Å²) in [6, 6.07) is 10.3. The van der Waals surface area contributed by atoms with Crippen LogP contribution in [0.4, 0.5) is 0 Å². The number of nitrogens with zero attached hydrogens (tertiary/aromatic N) is 1. The van der Waals surface area contributed by atoms with Crippen LogP contribution in [-0.4, -0.2) is 44.4 Å². The molecule has 0 aliphatic rings. The highest BCUT2D eigenvalue weighted by atomic mass is 35.5. The summed E-state index contributed by atoms with van der Waals surface area (Å²) in [6.45, 7) is 13.3. The Labute approximate surface area is 198 Å². The molecule has 0 saturated carbocycles. The van der Waals surface area contributed by atoms with E-state index in [0.29, 0.717) is 19.8 Å². The van der Waals surface area contributed by atoms with E-state index >= 15 is 0 Å². The average Bonchev–Trinajstić information content (AvgIpc) is 3.29. The van der Waals surface area contributed by atoms with E-state index < -0.39 is 0 Å². The van der Waals surface area contributed by atoms with Crippen LogP contribution in [0.2, 0.25) is 0 Å². The number of likely N-dealkylation sites (N-methyl/N-ethyl adjacent to an activating group) is 1. The Kier molecular flexibility index (Phi) is 13.3. The molecule has 31 heavy (non-hydrogen) atoms. The molecule has 0 aliphatic carbocycles. The summed E-state index contributed by atoms with van der Waals surface area (Å²) in [5.74, 6) is 7.35. The smallest absolute Gasteiger partial charge is 0.120 e. The van der Waals surface area contributed by atoms with Crippen molar-refractivity contribution in [2.24, 2.45) is 5.41 Å². The molecule has 0 bridgehead atoms. The van der Waals surface area contributed by atoms with Crippen LogP contribution in [0.1, 0.15) is 34.1 Å². The lowest BCUT2D eigenvalue weighted by Crippen LogP contribution is -2.28. The van der Waals surface area contributed by atoms with Gasteiger partial charge in [0.25, 0.3) is 0 Å². The summed E-state index contributed by atoms with van der Waals surface area (Å²) in [4.78, 5) is 2.34. The van der Waals surface area contributed by atoms with Gasteiger partial charge in [-0.3, -0.25) is 4.90 Å². The summed E-state index contributed by atoms with van der Waals surface area (Å²) in [6.07, 6.45) is 5.17. The SMILES string of the molecule is CCN(C/C=C/C#CC(C)(C)CC)CCOCCOc1cccc(-c2ccsc2)c1.Cl. The van der Waals surface area contributed by atoms with Gasteiger partial charge in [-0.05, 0) is 73.0 Å². The van der Waals surface area contributed by atoms with E-state index in [2.05, 4.69) is 79.5 Å². The standard InChI is InChI=1S/C26H35NO2S.ClH/c1-5-26(3,4)14-8-7-9-15-27(6-2)16-17-28-18-19-29-25-12-10-11-23(21-25)24-13-20-30-22-24;/h7,9-13,20-22H,5-6,15-19H2,1-4H3;1H/b9-7+;. The van der Waals surface area contributed by atoms with E-state index in [-0.39, 0.29) is 17.8 Å². The maximum atomic E-state index is 5.84. The normalized spacial score (nSPS) is 11.3. The zero-order chi connectivity index (χ0) is 21.7. The highest BCUT2D eigenvalue weighted by molar-refractivity contribution is 7.08. The number of allylic oxidation sites excluding steroid dienone is 1. The molecule has 1 heterocycles. The fourth-order valence-corrected chi connectivity index (χ4v) is 3.34. The third-order valence-corrected chi connectivity index (χ3v) is 5.73. The number of halogens is 1. The zero-order valence-electron chi connectivity index (χ0n) is 19.2. The molecule has 1 aromatic carbocycles. The molecule has 2 aromatic rings. The van der Waals surface area contributed by atoms with E-state index in [1.54, 1.807) is 11.3 Å². The number of benzene rings is 1. The van der Waals surface area contributed by atoms with Gasteiger partial charge in [0, 0.05) is 18.5 Å². The van der Waals surface area contributed by atoms with Gasteiger partial charge in [0.1, 0.15) is 12.4 Å². The van der Waals surface area contributed by atoms with Gasteiger partial charge in [0.15, 0.2) is 0 Å². The third kappa shape index (κ3) is 10.9. The van der Waals surface area contributed by atoms with E-state index in [0.717, 1.165) is 31.8 Å². The molecule has 0 radical (unpaired) electrons. The van der Waals surface area contributed by atoms with Crippen molar-refractivity contribution in [3.63, 3.8) is 0 Å². The topological polar surface area (TPSA) is 21.7 Å². The van der Waals surface area contributed by atoms with Crippen LogP contribution in [0, 0.1) is 17.3 Å². The summed E-state index contributed by atoms with van der Waals surface area (Å²) in [5, 5.41) is 4.24. The van der Waals surface area contributed by atoms with Crippen molar-refractivity contribution < 1.29 is 9.47 Å². The molecule has 2 rings (SSSR count). The second kappa shape index (κ2) is 15.1. The van der Waals surface area contributed by atoms with Crippen LogP contribution < -0.4 is 4.74 Å². The van der Waals surface area contributed by atoms with Gasteiger partial charge in [-0.25, -0.2) is 0 Å². The lowest BCUT2D eigenvalue weighted by atomic mass is 9.91. The van der Waals surface area contributed by atoms with Crippen molar-refractivity contribution in [2.75, 3.05) is 39.5 Å². The minimum atomic E-state index is 0. The molecule has 5 heteroatoms. The maximum absolute atomic E-state index is 5.84. The van der Waals surface area contributed by atoms with Crippen molar-refractivity contribution >= 4 is 23.7 Å². The molecule has 0 N–H and O–H groups in total. The Morgan fingerprint density at radius 2 is 1.94 bits per heavy atom. The van der Waals surface area contributed by atoms with Gasteiger partial charge < -0.3 is 9.47 Å². The summed E-state index contributed by atoms with van der Waals surface area (Å²) in [7, 11) is 0. The Balaban J connectivity index is 0.00000480. The monoisotopic (exact) mass is 461 g/mol. The Hall–Kier alpha value is -1.77. The van der Waals surface area contributed by atoms with Crippen LogP contribution in [0.25, 0.3) is 11.1 Å². The van der Waals surface area contributed by atoms with Crippen molar-refractivity contribution in [2.45, 2.75) is 34.1 Å². The van der Waals surface area contributed by atoms with Crippen molar-refractivity contribution in [1.82, 2.24) is 4.90 Å². The lowest BCUT2D eigenvalue weighted by Gasteiger charge is -2.18. The molecule has 0 aliphatic heterocycles. The first kappa shape index (κ1) is 27.3. The Morgan fingerprint density at radius 1 is 1.10 bits per heavy atom. The zero-order valence-corrected chi connectivity index (χ0v) is 20.9. The third-order valence-electron chi connectivity index (χ3n) is 5.04. The van der Waals surface area contributed by atoms with Crippen molar-refractivity contribution in [3.8, 4) is 28.7 Å². The van der Waals surface area contributed by atoms with Crippen LogP contribution in [0.5, 0.6) is 5.75 Å². The van der Waals surface area contributed by atoms with Gasteiger partial charge >= 0.3 is 0 Å². The van der Waals surface area contributed by atoms with Gasteiger partial charge in [-0.15, -0.1) is 12.4 Å². The second-order valence-corrected chi connectivity index (χ2v) is 8.58. The molecule has 0 unspecified atom stereocenters. The number of rotatable bonds is 12. The quantitative estimate of drug-likeness (QED) is 0.264. The molecule has 0 spiro atoms. The number of hydrogen-bond acceptors (Lipinski definition) is 4. The van der Waals surface area contributed by atoms with E-state index in [4.69, 9.17) is 9.47 Å². The number of ether oxygens (including phenoxy) is 2. The second-order valence-electron chi connectivity index (χ2n) is 7.80. The van der Waals surface area contributed by atoms with E-state index in [1.165, 1.54) is 11.1 Å². The predicted molar refractivity (Wildman–Crippen MR) is 136 cm³/mol. The molecular weight excluding hydrogens is 426 g/mol. The average molecular weight is 462 g/mol.